The van der Waals surface area contributed by atoms with Gasteiger partial charge in [-0.05, 0) is 31.0 Å². The number of anilines is 1. The molecule has 0 bridgehead atoms. The molecule has 4 nitrogen and oxygen atoms in total. The Morgan fingerprint density at radius 3 is 2.88 bits per heavy atom. The lowest BCUT2D eigenvalue weighted by Gasteiger charge is -2.05. The minimum Gasteiger partial charge on any atom is -0.398 e. The lowest BCUT2D eigenvalue weighted by atomic mass is 10.2. The van der Waals surface area contributed by atoms with Crippen LogP contribution in [0.25, 0.3) is 11.4 Å². The van der Waals surface area contributed by atoms with Crippen molar-refractivity contribution in [1.29, 1.82) is 0 Å². The molecule has 3 rings (SSSR count). The van der Waals surface area contributed by atoms with Gasteiger partial charge in [0.05, 0.1) is 10.7 Å². The van der Waals surface area contributed by atoms with Crippen molar-refractivity contribution in [2.45, 2.75) is 18.9 Å². The van der Waals surface area contributed by atoms with Crippen LogP contribution < -0.4 is 5.73 Å². The van der Waals surface area contributed by atoms with Gasteiger partial charge in [0.15, 0.2) is 5.82 Å². The quantitative estimate of drug-likeness (QED) is 0.813. The monoisotopic (exact) mass is 234 g/mol. The first-order valence-corrected chi connectivity index (χ1v) is 5.58. The normalized spacial score (nSPS) is 15.3. The van der Waals surface area contributed by atoms with Crippen LogP contribution >= 0.6 is 11.6 Å². The van der Waals surface area contributed by atoms with E-state index in [1.807, 2.05) is 12.1 Å². The first-order valence-electron chi connectivity index (χ1n) is 5.20. The van der Waals surface area contributed by atoms with E-state index in [0.717, 1.165) is 11.4 Å². The van der Waals surface area contributed by atoms with E-state index in [4.69, 9.17) is 17.3 Å². The minimum atomic E-state index is 0.557. The number of hydrogen-bond donors (Lipinski definition) is 1. The van der Waals surface area contributed by atoms with Gasteiger partial charge in [-0.1, -0.05) is 11.6 Å². The number of nitrogens with zero attached hydrogens (tertiary/aromatic N) is 3. The Morgan fingerprint density at radius 2 is 2.19 bits per heavy atom. The number of halogens is 1. The van der Waals surface area contributed by atoms with Crippen LogP contribution in [-0.4, -0.2) is 14.8 Å². The third-order valence-corrected chi connectivity index (χ3v) is 3.11. The van der Waals surface area contributed by atoms with Crippen molar-refractivity contribution in [2.24, 2.45) is 0 Å². The van der Waals surface area contributed by atoms with Gasteiger partial charge in [-0.15, -0.1) is 10.2 Å². The topological polar surface area (TPSA) is 56.7 Å². The van der Waals surface area contributed by atoms with Crippen LogP contribution in [0.2, 0.25) is 5.02 Å². The maximum atomic E-state index is 5.89. The fraction of sp³-hybridized carbons (Fsp3) is 0.273. The van der Waals surface area contributed by atoms with Crippen molar-refractivity contribution in [3.05, 3.63) is 29.5 Å². The van der Waals surface area contributed by atoms with E-state index < -0.39 is 0 Å². The predicted molar refractivity (Wildman–Crippen MR) is 63.2 cm³/mol. The van der Waals surface area contributed by atoms with Crippen LogP contribution in [0.15, 0.2) is 24.5 Å². The number of aromatic nitrogens is 3. The molecule has 0 unspecified atom stereocenters. The zero-order valence-corrected chi connectivity index (χ0v) is 9.35. The van der Waals surface area contributed by atoms with Gasteiger partial charge in [-0.3, -0.25) is 0 Å². The molecule has 1 aromatic heterocycles. The summed E-state index contributed by atoms with van der Waals surface area (Å²) in [6.45, 7) is 0. The molecule has 2 N–H and O–H groups in total. The van der Waals surface area contributed by atoms with Crippen LogP contribution in [0.3, 0.4) is 0 Å². The predicted octanol–water partition coefficient (Wildman–Crippen LogP) is 2.52. The maximum absolute atomic E-state index is 5.89. The molecule has 1 saturated carbocycles. The summed E-state index contributed by atoms with van der Waals surface area (Å²) in [5.74, 6) is 0.867. The zero-order chi connectivity index (χ0) is 11.1. The Labute approximate surface area is 98.0 Å². The number of rotatable bonds is 2. The average Bonchev–Trinajstić information content (AvgIpc) is 3.01. The van der Waals surface area contributed by atoms with Crippen LogP contribution in [0.5, 0.6) is 0 Å². The largest absolute Gasteiger partial charge is 0.398 e. The Balaban J connectivity index is 2.07. The lowest BCUT2D eigenvalue weighted by molar-refractivity contribution is 0.746. The summed E-state index contributed by atoms with van der Waals surface area (Å²) in [5, 5.41) is 8.65. The van der Waals surface area contributed by atoms with Crippen LogP contribution in [0.1, 0.15) is 18.9 Å². The molecule has 2 aromatic rings. The second kappa shape index (κ2) is 3.49. The molecular weight excluding hydrogens is 224 g/mol. The molecule has 0 atom stereocenters. The third-order valence-electron chi connectivity index (χ3n) is 2.77. The van der Waals surface area contributed by atoms with Gasteiger partial charge >= 0.3 is 0 Å². The van der Waals surface area contributed by atoms with Crippen LogP contribution in [-0.2, 0) is 0 Å². The average molecular weight is 235 g/mol. The van der Waals surface area contributed by atoms with Gasteiger partial charge in [0.1, 0.15) is 6.33 Å². The smallest absolute Gasteiger partial charge is 0.164 e. The molecule has 1 heterocycles. The second-order valence-electron chi connectivity index (χ2n) is 4.03. The molecule has 0 radical (unpaired) electrons. The standard InChI is InChI=1S/C11H11ClN4/c12-9-4-1-7(5-10(9)13)11-15-14-6-16(11)8-2-3-8/h1,4-6,8H,2-3,13H2. The molecule has 1 fully saturated rings. The van der Waals surface area contributed by atoms with Crippen molar-refractivity contribution in [3.63, 3.8) is 0 Å². The van der Waals surface area contributed by atoms with E-state index in [0.29, 0.717) is 16.8 Å². The molecular formula is C11H11ClN4. The molecule has 1 aliphatic rings. The molecule has 0 spiro atoms. The molecule has 82 valence electrons. The Hall–Kier alpha value is -1.55. The highest BCUT2D eigenvalue weighted by Gasteiger charge is 2.26. The molecule has 16 heavy (non-hydrogen) atoms. The summed E-state index contributed by atoms with van der Waals surface area (Å²) in [6, 6.07) is 6.10. The van der Waals surface area contributed by atoms with Gasteiger partial charge in [0.2, 0.25) is 0 Å². The van der Waals surface area contributed by atoms with E-state index >= 15 is 0 Å². The van der Waals surface area contributed by atoms with Gasteiger partial charge < -0.3 is 10.3 Å². The molecule has 1 aliphatic carbocycles. The first-order chi connectivity index (χ1) is 7.75. The highest BCUT2D eigenvalue weighted by atomic mass is 35.5. The Morgan fingerprint density at radius 1 is 1.38 bits per heavy atom. The summed E-state index contributed by atoms with van der Waals surface area (Å²) in [4.78, 5) is 0. The number of nitrogens with two attached hydrogens (primary N) is 1. The van der Waals surface area contributed by atoms with Gasteiger partial charge in [-0.25, -0.2) is 0 Å². The molecule has 0 aliphatic heterocycles. The highest BCUT2D eigenvalue weighted by Crippen LogP contribution is 2.38. The van der Waals surface area contributed by atoms with Gasteiger partial charge in [0, 0.05) is 11.6 Å². The second-order valence-corrected chi connectivity index (χ2v) is 4.44. The third kappa shape index (κ3) is 1.55. The van der Waals surface area contributed by atoms with Crippen LogP contribution in [0, 0.1) is 0 Å². The lowest BCUT2D eigenvalue weighted by Crippen LogP contribution is -1.96. The molecule has 5 heteroatoms. The number of hydrogen-bond acceptors (Lipinski definition) is 3. The summed E-state index contributed by atoms with van der Waals surface area (Å²) in [6.07, 6.45) is 4.18. The van der Waals surface area contributed by atoms with E-state index in [9.17, 15) is 0 Å². The molecule has 0 saturated heterocycles. The van der Waals surface area contributed by atoms with Crippen molar-refractivity contribution < 1.29 is 0 Å². The van der Waals surface area contributed by atoms with Gasteiger partial charge in [-0.2, -0.15) is 0 Å². The summed E-state index contributed by atoms with van der Waals surface area (Å²) < 4.78 is 2.10. The number of nitrogen functional groups attached to an aromatic ring is 1. The zero-order valence-electron chi connectivity index (χ0n) is 8.60. The van der Waals surface area contributed by atoms with Crippen LogP contribution in [0.4, 0.5) is 5.69 Å². The molecule has 0 amide bonds. The number of benzene rings is 1. The SMILES string of the molecule is Nc1cc(-c2nncn2C2CC2)ccc1Cl. The van der Waals surface area contributed by atoms with E-state index in [1.54, 1.807) is 12.4 Å². The summed E-state index contributed by atoms with van der Waals surface area (Å²) in [5.41, 5.74) is 7.32. The van der Waals surface area contributed by atoms with Gasteiger partial charge in [0.25, 0.3) is 0 Å². The van der Waals surface area contributed by atoms with Crippen molar-refractivity contribution in [2.75, 3.05) is 5.73 Å². The van der Waals surface area contributed by atoms with E-state index in [1.165, 1.54) is 12.8 Å². The van der Waals surface area contributed by atoms with E-state index in [2.05, 4.69) is 14.8 Å². The van der Waals surface area contributed by atoms with Crippen molar-refractivity contribution >= 4 is 17.3 Å². The van der Waals surface area contributed by atoms with Crippen molar-refractivity contribution in [3.8, 4) is 11.4 Å². The Bertz CT molecular complexity index is 531. The Kier molecular flexibility index (Phi) is 2.11. The molecule has 1 aromatic carbocycles. The fourth-order valence-corrected chi connectivity index (χ4v) is 1.87. The summed E-state index contributed by atoms with van der Waals surface area (Å²) >= 11 is 5.89. The maximum Gasteiger partial charge on any atom is 0.164 e. The first kappa shape index (κ1) is 9.66. The highest BCUT2D eigenvalue weighted by molar-refractivity contribution is 6.33. The summed E-state index contributed by atoms with van der Waals surface area (Å²) in [7, 11) is 0. The fourth-order valence-electron chi connectivity index (χ4n) is 1.75. The minimum absolute atomic E-state index is 0.557. The van der Waals surface area contributed by atoms with Crippen molar-refractivity contribution in [1.82, 2.24) is 14.8 Å². The van der Waals surface area contributed by atoms with E-state index in [-0.39, 0.29) is 0 Å².